The maximum Gasteiger partial charge on any atom is 0.0369 e. The van der Waals surface area contributed by atoms with Crippen molar-refractivity contribution in [1.82, 2.24) is 5.32 Å². The second kappa shape index (κ2) is 4.34. The molecule has 1 spiro atoms. The summed E-state index contributed by atoms with van der Waals surface area (Å²) >= 11 is 0. The maximum atomic E-state index is 3.48. The summed E-state index contributed by atoms with van der Waals surface area (Å²) in [6.45, 7) is 7.10. The molecule has 2 saturated heterocycles. The number of benzene rings is 1. The van der Waals surface area contributed by atoms with Crippen molar-refractivity contribution >= 4 is 5.69 Å². The van der Waals surface area contributed by atoms with Gasteiger partial charge in [-0.1, -0.05) is 12.1 Å². The van der Waals surface area contributed by atoms with Crippen LogP contribution in [0.25, 0.3) is 0 Å². The number of hydrogen-bond acceptors (Lipinski definition) is 2. The van der Waals surface area contributed by atoms with Crippen molar-refractivity contribution in [3.8, 4) is 0 Å². The van der Waals surface area contributed by atoms with Crippen LogP contribution in [0.15, 0.2) is 24.3 Å². The number of rotatable bonds is 1. The molecule has 2 heterocycles. The highest BCUT2D eigenvalue weighted by molar-refractivity contribution is 5.49. The summed E-state index contributed by atoms with van der Waals surface area (Å²) in [5.41, 5.74) is 3.39. The van der Waals surface area contributed by atoms with E-state index in [0.717, 1.165) is 0 Å². The molecule has 0 radical (unpaired) electrons. The molecular weight excluding hydrogens is 208 g/mol. The molecule has 1 N–H and O–H groups in total. The Kier molecular flexibility index (Phi) is 2.83. The first-order valence-corrected chi connectivity index (χ1v) is 6.80. The highest BCUT2D eigenvalue weighted by Crippen LogP contribution is 2.40. The molecule has 2 aliphatic rings. The molecule has 3 rings (SSSR count). The summed E-state index contributed by atoms with van der Waals surface area (Å²) in [4.78, 5) is 2.58. The van der Waals surface area contributed by atoms with Gasteiger partial charge < -0.3 is 10.2 Å². The third kappa shape index (κ3) is 2.19. The van der Waals surface area contributed by atoms with Crippen molar-refractivity contribution in [1.29, 1.82) is 0 Å². The smallest absolute Gasteiger partial charge is 0.0369 e. The van der Waals surface area contributed by atoms with Crippen LogP contribution in [0.2, 0.25) is 0 Å². The Morgan fingerprint density at radius 1 is 1.18 bits per heavy atom. The van der Waals surface area contributed by atoms with Gasteiger partial charge >= 0.3 is 0 Å². The van der Waals surface area contributed by atoms with Gasteiger partial charge in [0.1, 0.15) is 0 Å². The second-order valence-electron chi connectivity index (χ2n) is 5.76. The second-order valence-corrected chi connectivity index (χ2v) is 5.76. The topological polar surface area (TPSA) is 15.3 Å². The van der Waals surface area contributed by atoms with Gasteiger partial charge in [-0.15, -0.1) is 0 Å². The van der Waals surface area contributed by atoms with Crippen LogP contribution in [0, 0.1) is 12.3 Å². The van der Waals surface area contributed by atoms with Crippen LogP contribution in [-0.2, 0) is 0 Å². The molecular formula is C15H22N2. The first-order chi connectivity index (χ1) is 8.27. The summed E-state index contributed by atoms with van der Waals surface area (Å²) in [5, 5.41) is 3.48. The number of nitrogens with one attached hydrogen (secondary N) is 1. The molecule has 0 unspecified atom stereocenters. The maximum absolute atomic E-state index is 3.48. The lowest BCUT2D eigenvalue weighted by Crippen LogP contribution is -2.38. The molecule has 2 heteroatoms. The van der Waals surface area contributed by atoms with E-state index in [-0.39, 0.29) is 0 Å². The summed E-state index contributed by atoms with van der Waals surface area (Å²) in [6.07, 6.45) is 4.09. The molecule has 2 fully saturated rings. The molecule has 2 aliphatic heterocycles. The van der Waals surface area contributed by atoms with Gasteiger partial charge in [0, 0.05) is 18.8 Å². The predicted molar refractivity (Wildman–Crippen MR) is 72.5 cm³/mol. The average molecular weight is 230 g/mol. The first kappa shape index (κ1) is 11.1. The minimum atomic E-state index is 0.606. The minimum absolute atomic E-state index is 0.606. The Morgan fingerprint density at radius 3 is 2.76 bits per heavy atom. The molecule has 2 nitrogen and oxygen atoms in total. The summed E-state index contributed by atoms with van der Waals surface area (Å²) in [7, 11) is 0. The molecule has 1 aromatic rings. The summed E-state index contributed by atoms with van der Waals surface area (Å²) in [5.74, 6) is 0. The number of hydrogen-bond donors (Lipinski definition) is 1. The van der Waals surface area contributed by atoms with Crippen LogP contribution in [0.4, 0.5) is 5.69 Å². The van der Waals surface area contributed by atoms with Crippen LogP contribution in [0.3, 0.4) is 0 Å². The zero-order valence-corrected chi connectivity index (χ0v) is 10.7. The van der Waals surface area contributed by atoms with Gasteiger partial charge in [-0.25, -0.2) is 0 Å². The monoisotopic (exact) mass is 230 g/mol. The standard InChI is InChI=1S/C15H22N2/c1-13-3-2-4-14(11-13)17-10-7-15(12-17)5-8-16-9-6-15/h2-4,11,16H,5-10,12H2,1H3. The minimum Gasteiger partial charge on any atom is -0.371 e. The molecule has 17 heavy (non-hydrogen) atoms. The fraction of sp³-hybridized carbons (Fsp3) is 0.600. The normalized spacial score (nSPS) is 23.2. The van der Waals surface area contributed by atoms with Crippen LogP contribution >= 0.6 is 0 Å². The number of anilines is 1. The van der Waals surface area contributed by atoms with Gasteiger partial charge in [-0.2, -0.15) is 0 Å². The van der Waals surface area contributed by atoms with E-state index < -0.39 is 0 Å². The average Bonchev–Trinajstić information content (AvgIpc) is 2.74. The van der Waals surface area contributed by atoms with E-state index in [0.29, 0.717) is 5.41 Å². The molecule has 0 aromatic heterocycles. The largest absolute Gasteiger partial charge is 0.371 e. The number of piperidine rings is 1. The van der Waals surface area contributed by atoms with Gasteiger partial charge in [0.2, 0.25) is 0 Å². The van der Waals surface area contributed by atoms with Crippen molar-refractivity contribution < 1.29 is 0 Å². The van der Waals surface area contributed by atoms with E-state index in [4.69, 9.17) is 0 Å². The van der Waals surface area contributed by atoms with Crippen LogP contribution < -0.4 is 10.2 Å². The fourth-order valence-electron chi connectivity index (χ4n) is 3.35. The van der Waals surface area contributed by atoms with Gasteiger partial charge in [0.15, 0.2) is 0 Å². The Morgan fingerprint density at radius 2 is 2.00 bits per heavy atom. The lowest BCUT2D eigenvalue weighted by molar-refractivity contribution is 0.232. The Bertz CT molecular complexity index is 394. The Labute approximate surface area is 104 Å². The Balaban J connectivity index is 1.75. The Hall–Kier alpha value is -1.02. The van der Waals surface area contributed by atoms with Crippen molar-refractivity contribution in [3.63, 3.8) is 0 Å². The summed E-state index contributed by atoms with van der Waals surface area (Å²) in [6, 6.07) is 8.94. The van der Waals surface area contributed by atoms with Gasteiger partial charge in [0.25, 0.3) is 0 Å². The van der Waals surface area contributed by atoms with Gasteiger partial charge in [0.05, 0.1) is 0 Å². The fourth-order valence-corrected chi connectivity index (χ4v) is 3.35. The molecule has 0 atom stereocenters. The van der Waals surface area contributed by atoms with Crippen LogP contribution in [0.5, 0.6) is 0 Å². The van der Waals surface area contributed by atoms with E-state index >= 15 is 0 Å². The molecule has 0 saturated carbocycles. The zero-order chi connectivity index (χ0) is 11.7. The first-order valence-electron chi connectivity index (χ1n) is 6.80. The van der Waals surface area contributed by atoms with Gasteiger partial charge in [-0.3, -0.25) is 0 Å². The third-order valence-corrected chi connectivity index (χ3v) is 4.47. The van der Waals surface area contributed by atoms with E-state index in [2.05, 4.69) is 41.4 Å². The van der Waals surface area contributed by atoms with E-state index in [1.807, 2.05) is 0 Å². The van der Waals surface area contributed by atoms with Crippen molar-refractivity contribution in [3.05, 3.63) is 29.8 Å². The van der Waals surface area contributed by atoms with Crippen molar-refractivity contribution in [2.75, 3.05) is 31.1 Å². The molecule has 0 aliphatic carbocycles. The quantitative estimate of drug-likeness (QED) is 0.797. The predicted octanol–water partition coefficient (Wildman–Crippen LogP) is 2.57. The van der Waals surface area contributed by atoms with Crippen molar-refractivity contribution in [2.24, 2.45) is 5.41 Å². The summed E-state index contributed by atoms with van der Waals surface area (Å²) < 4.78 is 0. The van der Waals surface area contributed by atoms with Crippen LogP contribution in [-0.4, -0.2) is 26.2 Å². The molecule has 0 bridgehead atoms. The van der Waals surface area contributed by atoms with E-state index in [1.54, 1.807) is 0 Å². The third-order valence-electron chi connectivity index (χ3n) is 4.47. The highest BCUT2D eigenvalue weighted by Gasteiger charge is 2.38. The SMILES string of the molecule is Cc1cccc(N2CCC3(CCNCC3)C2)c1. The zero-order valence-electron chi connectivity index (χ0n) is 10.7. The number of aryl methyl sites for hydroxylation is 1. The lowest BCUT2D eigenvalue weighted by Gasteiger charge is -2.34. The van der Waals surface area contributed by atoms with Gasteiger partial charge in [-0.05, 0) is 62.4 Å². The van der Waals surface area contributed by atoms with Crippen LogP contribution in [0.1, 0.15) is 24.8 Å². The lowest BCUT2D eigenvalue weighted by atomic mass is 9.78. The van der Waals surface area contributed by atoms with Crippen molar-refractivity contribution in [2.45, 2.75) is 26.2 Å². The van der Waals surface area contributed by atoms with E-state index in [1.165, 1.54) is 56.7 Å². The molecule has 92 valence electrons. The molecule has 1 aromatic carbocycles. The molecule has 0 amide bonds. The number of nitrogens with zero attached hydrogens (tertiary/aromatic N) is 1. The van der Waals surface area contributed by atoms with E-state index in [9.17, 15) is 0 Å². The highest BCUT2D eigenvalue weighted by atomic mass is 15.2.